The van der Waals surface area contributed by atoms with Crippen LogP contribution >= 0.6 is 11.6 Å². The number of hydrogen-bond donors (Lipinski definition) is 0. The van der Waals surface area contributed by atoms with E-state index in [0.717, 1.165) is 32.4 Å². The summed E-state index contributed by atoms with van der Waals surface area (Å²) in [5.74, 6) is 0.717. The maximum Gasteiger partial charge on any atom is 0.254 e. The van der Waals surface area contributed by atoms with E-state index in [0.29, 0.717) is 12.5 Å². The first-order chi connectivity index (χ1) is 7.14. The van der Waals surface area contributed by atoms with E-state index in [1.54, 1.807) is 0 Å². The lowest BCUT2D eigenvalue weighted by Crippen LogP contribution is -2.47. The van der Waals surface area contributed by atoms with Gasteiger partial charge < -0.3 is 9.64 Å². The van der Waals surface area contributed by atoms with Crippen molar-refractivity contribution in [3.63, 3.8) is 0 Å². The number of likely N-dealkylation sites (N-methyl/N-ethyl adjacent to an activating group) is 1. The molecule has 1 atom stereocenters. The third-order valence-corrected chi connectivity index (χ3v) is 3.17. The standard InChI is InChI=1S/C11H20ClNO2/c1-3-13(8-5-7-12)10(14)11(2)6-4-9-15-11/h3-9H2,1-2H3. The number of carbonyl (C=O) groups excluding carboxylic acids is 1. The van der Waals surface area contributed by atoms with E-state index in [1.807, 2.05) is 18.7 Å². The van der Waals surface area contributed by atoms with Gasteiger partial charge in [0.1, 0.15) is 5.60 Å². The van der Waals surface area contributed by atoms with Gasteiger partial charge in [0.15, 0.2) is 0 Å². The maximum absolute atomic E-state index is 12.2. The van der Waals surface area contributed by atoms with Crippen LogP contribution in [0.2, 0.25) is 0 Å². The lowest BCUT2D eigenvalue weighted by atomic mass is 10.0. The highest BCUT2D eigenvalue weighted by molar-refractivity contribution is 6.17. The number of carbonyl (C=O) groups is 1. The van der Waals surface area contributed by atoms with Gasteiger partial charge in [-0.1, -0.05) is 0 Å². The molecule has 0 aliphatic carbocycles. The maximum atomic E-state index is 12.2. The van der Waals surface area contributed by atoms with E-state index in [2.05, 4.69) is 0 Å². The summed E-state index contributed by atoms with van der Waals surface area (Å²) in [5.41, 5.74) is -0.581. The molecule has 0 radical (unpaired) electrons. The summed E-state index contributed by atoms with van der Waals surface area (Å²) >= 11 is 5.63. The molecule has 15 heavy (non-hydrogen) atoms. The average molecular weight is 234 g/mol. The van der Waals surface area contributed by atoms with Crippen LogP contribution in [0, 0.1) is 0 Å². The van der Waals surface area contributed by atoms with E-state index in [4.69, 9.17) is 16.3 Å². The van der Waals surface area contributed by atoms with E-state index >= 15 is 0 Å². The first-order valence-electron chi connectivity index (χ1n) is 5.63. The van der Waals surface area contributed by atoms with Crippen molar-refractivity contribution in [2.45, 2.75) is 38.7 Å². The largest absolute Gasteiger partial charge is 0.365 e. The highest BCUT2D eigenvalue weighted by atomic mass is 35.5. The number of hydrogen-bond acceptors (Lipinski definition) is 2. The second kappa shape index (κ2) is 5.71. The van der Waals surface area contributed by atoms with Crippen LogP contribution in [0.1, 0.15) is 33.1 Å². The second-order valence-corrected chi connectivity index (χ2v) is 4.49. The molecule has 1 aliphatic heterocycles. The Labute approximate surface area is 96.7 Å². The van der Waals surface area contributed by atoms with Crippen LogP contribution in [0.4, 0.5) is 0 Å². The van der Waals surface area contributed by atoms with Gasteiger partial charge in [-0.3, -0.25) is 4.79 Å². The number of amides is 1. The Hall–Kier alpha value is -0.280. The molecule has 0 N–H and O–H groups in total. The minimum atomic E-state index is -0.581. The molecule has 0 aromatic carbocycles. The number of nitrogens with zero attached hydrogens (tertiary/aromatic N) is 1. The molecule has 4 heteroatoms. The Bertz CT molecular complexity index is 215. The molecular weight excluding hydrogens is 214 g/mol. The third-order valence-electron chi connectivity index (χ3n) is 2.90. The van der Waals surface area contributed by atoms with Crippen molar-refractivity contribution < 1.29 is 9.53 Å². The van der Waals surface area contributed by atoms with Crippen molar-refractivity contribution in [2.24, 2.45) is 0 Å². The van der Waals surface area contributed by atoms with Gasteiger partial charge in [0.2, 0.25) is 0 Å². The smallest absolute Gasteiger partial charge is 0.254 e. The zero-order valence-electron chi connectivity index (χ0n) is 9.59. The van der Waals surface area contributed by atoms with Gasteiger partial charge in [0, 0.05) is 25.6 Å². The fraction of sp³-hybridized carbons (Fsp3) is 0.909. The predicted molar refractivity (Wildman–Crippen MR) is 61.2 cm³/mol. The van der Waals surface area contributed by atoms with Gasteiger partial charge >= 0.3 is 0 Å². The number of ether oxygens (including phenoxy) is 1. The quantitative estimate of drug-likeness (QED) is 0.680. The van der Waals surface area contributed by atoms with Gasteiger partial charge in [-0.15, -0.1) is 11.6 Å². The first kappa shape index (κ1) is 12.8. The summed E-state index contributed by atoms with van der Waals surface area (Å²) in [6.45, 7) is 6.05. The molecule has 0 aromatic rings. The van der Waals surface area contributed by atoms with Crippen LogP contribution in [0.25, 0.3) is 0 Å². The van der Waals surface area contributed by atoms with Gasteiger partial charge in [0.25, 0.3) is 5.91 Å². The van der Waals surface area contributed by atoms with E-state index < -0.39 is 5.60 Å². The summed E-state index contributed by atoms with van der Waals surface area (Å²) in [7, 11) is 0. The highest BCUT2D eigenvalue weighted by Gasteiger charge is 2.39. The summed E-state index contributed by atoms with van der Waals surface area (Å²) in [6, 6.07) is 0. The molecular formula is C11H20ClNO2. The minimum Gasteiger partial charge on any atom is -0.365 e. The summed E-state index contributed by atoms with van der Waals surface area (Å²) < 4.78 is 5.54. The Kier molecular flexibility index (Phi) is 4.87. The average Bonchev–Trinajstić information content (AvgIpc) is 2.67. The molecule has 1 aliphatic rings. The van der Waals surface area contributed by atoms with Crippen molar-refractivity contribution >= 4 is 17.5 Å². The van der Waals surface area contributed by atoms with Gasteiger partial charge in [-0.05, 0) is 33.1 Å². The van der Waals surface area contributed by atoms with Gasteiger partial charge in [0.05, 0.1) is 0 Å². The molecule has 0 saturated carbocycles. The van der Waals surface area contributed by atoms with Crippen LogP contribution in [0.5, 0.6) is 0 Å². The topological polar surface area (TPSA) is 29.5 Å². The number of alkyl halides is 1. The van der Waals surface area contributed by atoms with Crippen molar-refractivity contribution in [1.29, 1.82) is 0 Å². The van der Waals surface area contributed by atoms with Crippen LogP contribution < -0.4 is 0 Å². The van der Waals surface area contributed by atoms with Crippen molar-refractivity contribution in [3.8, 4) is 0 Å². The third kappa shape index (κ3) is 3.08. The Balaban J connectivity index is 2.55. The van der Waals surface area contributed by atoms with Crippen LogP contribution in [-0.4, -0.2) is 42.0 Å². The normalized spacial score (nSPS) is 25.5. The molecule has 88 valence electrons. The van der Waals surface area contributed by atoms with Crippen molar-refractivity contribution in [1.82, 2.24) is 4.90 Å². The Morgan fingerprint density at radius 3 is 2.80 bits per heavy atom. The Morgan fingerprint density at radius 2 is 2.33 bits per heavy atom. The molecule has 1 unspecified atom stereocenters. The number of rotatable bonds is 5. The van der Waals surface area contributed by atoms with Crippen LogP contribution in [0.15, 0.2) is 0 Å². The molecule has 3 nitrogen and oxygen atoms in total. The predicted octanol–water partition coefficient (Wildman–Crippen LogP) is 2.03. The van der Waals surface area contributed by atoms with E-state index in [-0.39, 0.29) is 5.91 Å². The lowest BCUT2D eigenvalue weighted by Gasteiger charge is -2.30. The second-order valence-electron chi connectivity index (χ2n) is 4.11. The molecule has 1 saturated heterocycles. The Morgan fingerprint density at radius 1 is 1.60 bits per heavy atom. The molecule has 0 spiro atoms. The van der Waals surface area contributed by atoms with Crippen molar-refractivity contribution in [2.75, 3.05) is 25.6 Å². The fourth-order valence-corrected chi connectivity index (χ4v) is 2.06. The monoisotopic (exact) mass is 233 g/mol. The van der Waals surface area contributed by atoms with Crippen molar-refractivity contribution in [3.05, 3.63) is 0 Å². The van der Waals surface area contributed by atoms with Crippen LogP contribution in [-0.2, 0) is 9.53 Å². The van der Waals surface area contributed by atoms with E-state index in [9.17, 15) is 4.79 Å². The summed E-state index contributed by atoms with van der Waals surface area (Å²) in [5, 5.41) is 0. The zero-order chi connectivity index (χ0) is 11.3. The molecule has 1 fully saturated rings. The summed E-state index contributed by atoms with van der Waals surface area (Å²) in [4.78, 5) is 14.0. The first-order valence-corrected chi connectivity index (χ1v) is 6.17. The lowest BCUT2D eigenvalue weighted by molar-refractivity contribution is -0.150. The highest BCUT2D eigenvalue weighted by Crippen LogP contribution is 2.27. The van der Waals surface area contributed by atoms with Gasteiger partial charge in [-0.25, -0.2) is 0 Å². The molecule has 0 bridgehead atoms. The SMILES string of the molecule is CCN(CCCCl)C(=O)C1(C)CCCO1. The fourth-order valence-electron chi connectivity index (χ4n) is 1.94. The molecule has 1 heterocycles. The molecule has 0 aromatic heterocycles. The molecule has 1 amide bonds. The molecule has 1 rings (SSSR count). The summed E-state index contributed by atoms with van der Waals surface area (Å²) in [6.07, 6.45) is 2.66. The van der Waals surface area contributed by atoms with E-state index in [1.165, 1.54) is 0 Å². The number of halogens is 1. The van der Waals surface area contributed by atoms with Crippen LogP contribution in [0.3, 0.4) is 0 Å². The van der Waals surface area contributed by atoms with Gasteiger partial charge in [-0.2, -0.15) is 0 Å². The zero-order valence-corrected chi connectivity index (χ0v) is 10.3. The minimum absolute atomic E-state index is 0.118.